The average Bonchev–Trinajstić information content (AvgIpc) is 3.32. The van der Waals surface area contributed by atoms with Crippen LogP contribution < -0.4 is 4.74 Å². The molecule has 0 aromatic heterocycles. The lowest BCUT2D eigenvalue weighted by Gasteiger charge is -2.22. The molecule has 2 aromatic rings. The number of nitriles is 1. The van der Waals surface area contributed by atoms with Crippen LogP contribution in [0.4, 0.5) is 0 Å². The van der Waals surface area contributed by atoms with Crippen molar-refractivity contribution in [1.82, 2.24) is 0 Å². The zero-order valence-corrected chi connectivity index (χ0v) is 13.1. The summed E-state index contributed by atoms with van der Waals surface area (Å²) >= 11 is 0. The molecule has 1 heterocycles. The first-order valence-corrected chi connectivity index (χ1v) is 7.68. The number of esters is 1. The molecule has 3 atom stereocenters. The first-order chi connectivity index (χ1) is 11.6. The van der Waals surface area contributed by atoms with E-state index in [1.54, 1.807) is 24.3 Å². The Morgan fingerprint density at radius 1 is 1.17 bits per heavy atom. The highest BCUT2D eigenvalue weighted by molar-refractivity contribution is 5.88. The lowest BCUT2D eigenvalue weighted by molar-refractivity contribution is -0.158. The summed E-state index contributed by atoms with van der Waals surface area (Å²) in [4.78, 5) is 12.2. The van der Waals surface area contributed by atoms with Crippen molar-refractivity contribution in [1.29, 1.82) is 5.26 Å². The Morgan fingerprint density at radius 2 is 1.92 bits per heavy atom. The predicted octanol–water partition coefficient (Wildman–Crippen LogP) is 3.16. The van der Waals surface area contributed by atoms with E-state index in [0.29, 0.717) is 23.5 Å². The summed E-state index contributed by atoms with van der Waals surface area (Å²) < 4.78 is 16.6. The zero-order valence-electron chi connectivity index (χ0n) is 13.1. The van der Waals surface area contributed by atoms with E-state index in [0.717, 1.165) is 0 Å². The highest BCUT2D eigenvalue weighted by Gasteiger charge is 2.78. The minimum atomic E-state index is -1.32. The quantitative estimate of drug-likeness (QED) is 0.809. The van der Waals surface area contributed by atoms with Crippen molar-refractivity contribution in [2.24, 2.45) is 5.92 Å². The minimum absolute atomic E-state index is 0.292. The van der Waals surface area contributed by atoms with Crippen LogP contribution >= 0.6 is 0 Å². The molecule has 5 nitrogen and oxygen atoms in total. The van der Waals surface area contributed by atoms with Gasteiger partial charge in [0.05, 0.1) is 5.92 Å². The van der Waals surface area contributed by atoms with Gasteiger partial charge in [-0.15, -0.1) is 0 Å². The van der Waals surface area contributed by atoms with Gasteiger partial charge in [0.15, 0.2) is 5.60 Å². The number of fused-ring (bicyclic) bond motifs is 1. The van der Waals surface area contributed by atoms with Gasteiger partial charge in [-0.3, -0.25) is 0 Å². The standard InChI is InChI=1S/C19H15NO4/c1-22-18-11-16(18)19(12-20,24-17(18)21)13-6-5-9-15(10-13)23-14-7-3-2-4-8-14/h2-10,16H,11H2,1H3/t16?,18-,19?/m1/s1. The van der Waals surface area contributed by atoms with E-state index in [2.05, 4.69) is 6.07 Å². The summed E-state index contributed by atoms with van der Waals surface area (Å²) in [6.07, 6.45) is 0.500. The van der Waals surface area contributed by atoms with Crippen molar-refractivity contribution in [3.63, 3.8) is 0 Å². The fraction of sp³-hybridized carbons (Fsp3) is 0.263. The van der Waals surface area contributed by atoms with E-state index in [1.165, 1.54) is 7.11 Å². The van der Waals surface area contributed by atoms with Crippen LogP contribution in [0.3, 0.4) is 0 Å². The lowest BCUT2D eigenvalue weighted by Crippen LogP contribution is -2.28. The predicted molar refractivity (Wildman–Crippen MR) is 84.2 cm³/mol. The van der Waals surface area contributed by atoms with E-state index >= 15 is 0 Å². The highest BCUT2D eigenvalue weighted by atomic mass is 16.6. The Morgan fingerprint density at radius 3 is 2.54 bits per heavy atom. The molecule has 1 aliphatic carbocycles. The van der Waals surface area contributed by atoms with Gasteiger partial charge in [-0.05, 0) is 30.7 Å². The van der Waals surface area contributed by atoms with Crippen LogP contribution in [-0.4, -0.2) is 18.7 Å². The summed E-state index contributed by atoms with van der Waals surface area (Å²) in [5.41, 5.74) is -1.68. The molecule has 2 aromatic carbocycles. The van der Waals surface area contributed by atoms with Crippen LogP contribution in [0.1, 0.15) is 12.0 Å². The maximum Gasteiger partial charge on any atom is 0.340 e. The van der Waals surface area contributed by atoms with Gasteiger partial charge in [0.2, 0.25) is 5.60 Å². The van der Waals surface area contributed by atoms with Crippen molar-refractivity contribution in [2.45, 2.75) is 17.6 Å². The van der Waals surface area contributed by atoms with E-state index in [9.17, 15) is 10.1 Å². The Bertz CT molecular complexity index is 844. The Kier molecular flexibility index (Phi) is 3.12. The highest BCUT2D eigenvalue weighted by Crippen LogP contribution is 2.63. The summed E-state index contributed by atoms with van der Waals surface area (Å²) in [5, 5.41) is 9.75. The summed E-state index contributed by atoms with van der Waals surface area (Å²) in [7, 11) is 1.48. The number of ether oxygens (including phenoxy) is 3. The van der Waals surface area contributed by atoms with Crippen LogP contribution in [-0.2, 0) is 19.9 Å². The molecule has 2 fully saturated rings. The number of hydrogen-bond acceptors (Lipinski definition) is 5. The third-order valence-corrected chi connectivity index (χ3v) is 4.77. The van der Waals surface area contributed by atoms with Gasteiger partial charge in [0.25, 0.3) is 0 Å². The second-order valence-corrected chi connectivity index (χ2v) is 6.03. The van der Waals surface area contributed by atoms with Crippen LogP contribution in [0.25, 0.3) is 0 Å². The Balaban J connectivity index is 1.69. The first-order valence-electron chi connectivity index (χ1n) is 7.68. The fourth-order valence-corrected chi connectivity index (χ4v) is 3.40. The van der Waals surface area contributed by atoms with E-state index in [4.69, 9.17) is 14.2 Å². The van der Waals surface area contributed by atoms with E-state index in [1.807, 2.05) is 30.3 Å². The fourth-order valence-electron chi connectivity index (χ4n) is 3.40. The molecule has 0 bridgehead atoms. The van der Waals surface area contributed by atoms with Crippen molar-refractivity contribution in [2.75, 3.05) is 7.11 Å². The lowest BCUT2D eigenvalue weighted by atomic mass is 9.90. The van der Waals surface area contributed by atoms with Crippen molar-refractivity contribution in [3.05, 3.63) is 60.2 Å². The summed E-state index contributed by atoms with van der Waals surface area (Å²) in [6, 6.07) is 18.7. The molecule has 0 radical (unpaired) electrons. The molecule has 0 spiro atoms. The maximum atomic E-state index is 12.2. The number of methoxy groups -OCH3 is 1. The van der Waals surface area contributed by atoms with Crippen molar-refractivity contribution < 1.29 is 19.0 Å². The molecule has 1 saturated heterocycles. The maximum absolute atomic E-state index is 12.2. The van der Waals surface area contributed by atoms with Gasteiger partial charge in [-0.2, -0.15) is 5.26 Å². The molecule has 0 amide bonds. The molecule has 0 N–H and O–H groups in total. The molecule has 120 valence electrons. The minimum Gasteiger partial charge on any atom is -0.457 e. The van der Waals surface area contributed by atoms with Gasteiger partial charge in [0.1, 0.15) is 17.6 Å². The number of carbonyl (C=O) groups excluding carboxylic acids is 1. The smallest absolute Gasteiger partial charge is 0.340 e. The monoisotopic (exact) mass is 321 g/mol. The summed E-state index contributed by atoms with van der Waals surface area (Å²) in [5.74, 6) is 0.520. The zero-order chi connectivity index (χ0) is 16.8. The van der Waals surface area contributed by atoms with Crippen molar-refractivity contribution in [3.8, 4) is 17.6 Å². The van der Waals surface area contributed by atoms with E-state index < -0.39 is 17.2 Å². The number of nitrogens with zero attached hydrogens (tertiary/aromatic N) is 1. The molecule has 1 aliphatic heterocycles. The average molecular weight is 321 g/mol. The van der Waals surface area contributed by atoms with Crippen LogP contribution in [0, 0.1) is 17.2 Å². The van der Waals surface area contributed by atoms with Gasteiger partial charge in [-0.25, -0.2) is 4.79 Å². The third-order valence-electron chi connectivity index (χ3n) is 4.77. The van der Waals surface area contributed by atoms with Crippen LogP contribution in [0.2, 0.25) is 0 Å². The molecule has 5 heteroatoms. The number of para-hydroxylation sites is 1. The second-order valence-electron chi connectivity index (χ2n) is 6.03. The number of cyclic esters (lactones) is 1. The second kappa shape index (κ2) is 5.08. The molecule has 2 aliphatic rings. The first kappa shape index (κ1) is 14.7. The molecular formula is C19H15NO4. The summed E-state index contributed by atoms with van der Waals surface area (Å²) in [6.45, 7) is 0. The Hall–Kier alpha value is -2.84. The number of benzene rings is 2. The third kappa shape index (κ3) is 1.93. The molecular weight excluding hydrogens is 306 g/mol. The van der Waals surface area contributed by atoms with Gasteiger partial charge in [0, 0.05) is 12.7 Å². The number of rotatable bonds is 4. The van der Waals surface area contributed by atoms with Crippen LogP contribution in [0.5, 0.6) is 11.5 Å². The molecule has 2 unspecified atom stereocenters. The molecule has 1 saturated carbocycles. The molecule has 4 rings (SSSR count). The Labute approximate surface area is 139 Å². The normalized spacial score (nSPS) is 30.2. The largest absolute Gasteiger partial charge is 0.457 e. The van der Waals surface area contributed by atoms with Gasteiger partial charge >= 0.3 is 5.97 Å². The SMILES string of the molecule is CO[C@]12CC1C(C#N)(c1cccc(Oc3ccccc3)c1)OC2=O. The number of hydrogen-bond donors (Lipinski definition) is 0. The molecule has 24 heavy (non-hydrogen) atoms. The van der Waals surface area contributed by atoms with E-state index in [-0.39, 0.29) is 5.92 Å². The van der Waals surface area contributed by atoms with Crippen LogP contribution in [0.15, 0.2) is 54.6 Å². The number of carbonyl (C=O) groups is 1. The topological polar surface area (TPSA) is 68.6 Å². The van der Waals surface area contributed by atoms with Gasteiger partial charge in [-0.1, -0.05) is 30.3 Å². The van der Waals surface area contributed by atoms with Crippen molar-refractivity contribution >= 4 is 5.97 Å². The van der Waals surface area contributed by atoms with Gasteiger partial charge < -0.3 is 14.2 Å².